The highest BCUT2D eigenvalue weighted by Crippen LogP contribution is 2.36. The maximum absolute atomic E-state index is 14.0. The van der Waals surface area contributed by atoms with Crippen LogP contribution in [0.3, 0.4) is 0 Å². The number of aromatic nitrogens is 1. The van der Waals surface area contributed by atoms with Crippen LogP contribution < -0.4 is 14.8 Å². The Bertz CT molecular complexity index is 906. The summed E-state index contributed by atoms with van der Waals surface area (Å²) in [6.07, 6.45) is -4.48. The monoisotopic (exact) mass is 434 g/mol. The van der Waals surface area contributed by atoms with Crippen LogP contribution in [0.1, 0.15) is 19.8 Å². The standard InChI is InChI=1S/C18H15ClF4N2O4/c1-2-6-28-17-13(4-3-5-24-17)29-14-8-12(11(20)7-10(14)19)25-16(27)9-15(26)18(21,22)23/h3-5,7-8H,2,6,9H2,1H3,(H,25,27). The van der Waals surface area contributed by atoms with E-state index in [-0.39, 0.29) is 22.4 Å². The molecule has 0 saturated heterocycles. The second kappa shape index (κ2) is 9.55. The van der Waals surface area contributed by atoms with Gasteiger partial charge < -0.3 is 14.8 Å². The molecule has 1 N–H and O–H groups in total. The third-order valence-electron chi connectivity index (χ3n) is 3.33. The summed E-state index contributed by atoms with van der Waals surface area (Å²) in [5.41, 5.74) is -0.510. The van der Waals surface area contributed by atoms with E-state index in [1.54, 1.807) is 6.07 Å². The fourth-order valence-electron chi connectivity index (χ4n) is 2.02. The topological polar surface area (TPSA) is 77.5 Å². The Morgan fingerprint density at radius 1 is 1.24 bits per heavy atom. The Balaban J connectivity index is 2.22. The van der Waals surface area contributed by atoms with Crippen LogP contribution in [0, 0.1) is 5.82 Å². The molecule has 156 valence electrons. The number of benzene rings is 1. The van der Waals surface area contributed by atoms with Crippen molar-refractivity contribution in [3.8, 4) is 17.4 Å². The number of hydrogen-bond acceptors (Lipinski definition) is 5. The lowest BCUT2D eigenvalue weighted by atomic mass is 10.2. The maximum atomic E-state index is 14.0. The zero-order chi connectivity index (χ0) is 21.6. The summed E-state index contributed by atoms with van der Waals surface area (Å²) in [7, 11) is 0. The molecule has 0 aliphatic rings. The number of ether oxygens (including phenoxy) is 2. The number of halogens is 5. The molecule has 2 rings (SSSR count). The first-order valence-electron chi connectivity index (χ1n) is 8.26. The van der Waals surface area contributed by atoms with E-state index in [4.69, 9.17) is 21.1 Å². The van der Waals surface area contributed by atoms with Crippen LogP contribution in [-0.2, 0) is 9.59 Å². The number of hydrogen-bond donors (Lipinski definition) is 1. The van der Waals surface area contributed by atoms with E-state index in [0.29, 0.717) is 13.0 Å². The minimum atomic E-state index is -5.17. The Morgan fingerprint density at radius 3 is 2.62 bits per heavy atom. The minimum Gasteiger partial charge on any atom is -0.475 e. The minimum absolute atomic E-state index is 0.111. The summed E-state index contributed by atoms with van der Waals surface area (Å²) in [5, 5.41) is 1.73. The van der Waals surface area contributed by atoms with Crippen molar-refractivity contribution in [2.24, 2.45) is 0 Å². The van der Waals surface area contributed by atoms with Gasteiger partial charge in [0.2, 0.25) is 11.7 Å². The van der Waals surface area contributed by atoms with E-state index in [1.165, 1.54) is 12.3 Å². The highest BCUT2D eigenvalue weighted by molar-refractivity contribution is 6.32. The van der Waals surface area contributed by atoms with Gasteiger partial charge in [0.15, 0.2) is 5.75 Å². The number of nitrogens with zero attached hydrogens (tertiary/aromatic N) is 1. The Morgan fingerprint density at radius 2 is 1.97 bits per heavy atom. The van der Waals surface area contributed by atoms with Gasteiger partial charge in [-0.25, -0.2) is 9.37 Å². The zero-order valence-electron chi connectivity index (χ0n) is 15.0. The summed E-state index contributed by atoms with van der Waals surface area (Å²) in [4.78, 5) is 26.5. The number of pyridine rings is 1. The molecule has 1 aromatic heterocycles. The summed E-state index contributed by atoms with van der Waals surface area (Å²) in [6, 6.07) is 4.85. The molecule has 0 radical (unpaired) electrons. The molecule has 1 aromatic carbocycles. The number of carbonyl (C=O) groups excluding carboxylic acids is 2. The van der Waals surface area contributed by atoms with Crippen LogP contribution in [0.15, 0.2) is 30.5 Å². The Hall–Kier alpha value is -2.88. The van der Waals surface area contributed by atoms with Crippen molar-refractivity contribution >= 4 is 29.0 Å². The third-order valence-corrected chi connectivity index (χ3v) is 3.63. The summed E-state index contributed by atoms with van der Waals surface area (Å²) < 4.78 is 61.8. The second-order valence-electron chi connectivity index (χ2n) is 5.67. The normalized spacial score (nSPS) is 11.1. The Labute approximate surface area is 167 Å². The lowest BCUT2D eigenvalue weighted by Gasteiger charge is -2.14. The van der Waals surface area contributed by atoms with Crippen LogP contribution in [-0.4, -0.2) is 29.5 Å². The zero-order valence-corrected chi connectivity index (χ0v) is 15.7. The van der Waals surface area contributed by atoms with Crippen molar-refractivity contribution in [3.05, 3.63) is 41.3 Å². The van der Waals surface area contributed by atoms with Gasteiger partial charge in [-0.3, -0.25) is 9.59 Å². The molecule has 0 unspecified atom stereocenters. The molecule has 0 saturated carbocycles. The molecule has 0 spiro atoms. The number of amides is 1. The highest BCUT2D eigenvalue weighted by atomic mass is 35.5. The average Bonchev–Trinajstić information content (AvgIpc) is 2.64. The quantitative estimate of drug-likeness (QED) is 0.471. The SMILES string of the molecule is CCCOc1ncccc1Oc1cc(NC(=O)CC(=O)C(F)(F)F)c(F)cc1Cl. The van der Waals surface area contributed by atoms with Gasteiger partial charge in [-0.05, 0) is 24.6 Å². The fourth-order valence-corrected chi connectivity index (χ4v) is 2.21. The summed E-state index contributed by atoms with van der Waals surface area (Å²) in [5.74, 6) is -4.43. The molecule has 0 bridgehead atoms. The fraction of sp³-hybridized carbons (Fsp3) is 0.278. The van der Waals surface area contributed by atoms with E-state index in [2.05, 4.69) is 4.98 Å². The van der Waals surface area contributed by atoms with E-state index in [1.807, 2.05) is 12.2 Å². The van der Waals surface area contributed by atoms with Crippen LogP contribution in [0.25, 0.3) is 0 Å². The average molecular weight is 435 g/mol. The maximum Gasteiger partial charge on any atom is 0.450 e. The number of alkyl halides is 3. The number of ketones is 1. The summed E-state index contributed by atoms with van der Waals surface area (Å²) in [6.45, 7) is 2.25. The predicted octanol–water partition coefficient (Wildman–Crippen LogP) is 4.92. The molecule has 0 aliphatic carbocycles. The van der Waals surface area contributed by atoms with Crippen molar-refractivity contribution in [2.75, 3.05) is 11.9 Å². The van der Waals surface area contributed by atoms with Gasteiger partial charge in [0.25, 0.3) is 5.88 Å². The van der Waals surface area contributed by atoms with Gasteiger partial charge in [0.1, 0.15) is 11.6 Å². The van der Waals surface area contributed by atoms with Crippen molar-refractivity contribution in [2.45, 2.75) is 25.9 Å². The van der Waals surface area contributed by atoms with Crippen LogP contribution in [0.5, 0.6) is 17.4 Å². The largest absolute Gasteiger partial charge is 0.475 e. The molecule has 0 aliphatic heterocycles. The molecule has 29 heavy (non-hydrogen) atoms. The first-order valence-corrected chi connectivity index (χ1v) is 8.64. The number of carbonyl (C=O) groups is 2. The van der Waals surface area contributed by atoms with Gasteiger partial charge in [-0.2, -0.15) is 13.2 Å². The van der Waals surface area contributed by atoms with Crippen molar-refractivity contribution in [3.63, 3.8) is 0 Å². The predicted molar refractivity (Wildman–Crippen MR) is 95.8 cm³/mol. The molecule has 6 nitrogen and oxygen atoms in total. The van der Waals surface area contributed by atoms with Crippen molar-refractivity contribution in [1.29, 1.82) is 0 Å². The summed E-state index contributed by atoms with van der Waals surface area (Å²) >= 11 is 5.95. The molecule has 0 atom stereocenters. The molecular weight excluding hydrogens is 420 g/mol. The van der Waals surface area contributed by atoms with Crippen LogP contribution in [0.2, 0.25) is 5.02 Å². The Kier molecular flexibility index (Phi) is 7.38. The van der Waals surface area contributed by atoms with E-state index >= 15 is 0 Å². The molecule has 0 fully saturated rings. The van der Waals surface area contributed by atoms with Crippen LogP contribution in [0.4, 0.5) is 23.2 Å². The number of anilines is 1. The van der Waals surface area contributed by atoms with E-state index in [9.17, 15) is 27.2 Å². The van der Waals surface area contributed by atoms with Gasteiger partial charge in [-0.1, -0.05) is 18.5 Å². The lowest BCUT2D eigenvalue weighted by molar-refractivity contribution is -0.171. The van der Waals surface area contributed by atoms with Gasteiger partial charge in [-0.15, -0.1) is 0 Å². The molecular formula is C18H15ClF4N2O4. The van der Waals surface area contributed by atoms with Crippen molar-refractivity contribution < 1.29 is 36.6 Å². The smallest absolute Gasteiger partial charge is 0.450 e. The van der Waals surface area contributed by atoms with Gasteiger partial charge in [0.05, 0.1) is 23.7 Å². The molecule has 11 heteroatoms. The molecule has 1 heterocycles. The first-order chi connectivity index (χ1) is 13.6. The number of nitrogens with one attached hydrogen (secondary N) is 1. The van der Waals surface area contributed by atoms with Crippen molar-refractivity contribution in [1.82, 2.24) is 4.98 Å². The lowest BCUT2D eigenvalue weighted by Crippen LogP contribution is -2.28. The van der Waals surface area contributed by atoms with Gasteiger partial charge in [0, 0.05) is 12.3 Å². The second-order valence-corrected chi connectivity index (χ2v) is 6.07. The number of Topliss-reactive ketones (excluding diaryl/α,β-unsaturated/α-hetero) is 1. The third kappa shape index (κ3) is 6.31. The number of rotatable bonds is 8. The van der Waals surface area contributed by atoms with E-state index in [0.717, 1.165) is 12.1 Å². The van der Waals surface area contributed by atoms with Gasteiger partial charge >= 0.3 is 6.18 Å². The molecule has 1 amide bonds. The molecule has 2 aromatic rings. The van der Waals surface area contributed by atoms with E-state index < -0.39 is 35.8 Å². The highest BCUT2D eigenvalue weighted by Gasteiger charge is 2.39. The first kappa shape index (κ1) is 22.4. The van der Waals surface area contributed by atoms with Crippen LogP contribution >= 0.6 is 11.6 Å².